The zero-order valence-corrected chi connectivity index (χ0v) is 9.66. The van der Waals surface area contributed by atoms with Crippen molar-refractivity contribution in [3.05, 3.63) is 23.7 Å². The van der Waals surface area contributed by atoms with Crippen LogP contribution in [-0.2, 0) is 6.54 Å². The summed E-state index contributed by atoms with van der Waals surface area (Å²) in [6.07, 6.45) is 0.567. The van der Waals surface area contributed by atoms with Crippen LogP contribution >= 0.6 is 0 Å². The van der Waals surface area contributed by atoms with Crippen LogP contribution in [0.5, 0.6) is 0 Å². The van der Waals surface area contributed by atoms with E-state index in [4.69, 9.17) is 9.68 Å². The molecular weight excluding hydrogens is 188 g/mol. The second kappa shape index (κ2) is 5.57. The average Bonchev–Trinajstić information content (AvgIpc) is 2.58. The van der Waals surface area contributed by atoms with Gasteiger partial charge in [-0.3, -0.25) is 4.90 Å². The minimum atomic E-state index is 0.434. The van der Waals surface area contributed by atoms with Crippen molar-refractivity contribution in [2.45, 2.75) is 39.8 Å². The number of furan rings is 1. The quantitative estimate of drug-likeness (QED) is 0.743. The monoisotopic (exact) mass is 206 g/mol. The number of hydrogen-bond donors (Lipinski definition) is 0. The maximum Gasteiger partial charge on any atom is 0.118 e. The minimum Gasteiger partial charge on any atom is -0.465 e. The molecule has 3 heteroatoms. The molecule has 15 heavy (non-hydrogen) atoms. The zero-order chi connectivity index (χ0) is 11.3. The highest BCUT2D eigenvalue weighted by Gasteiger charge is 2.11. The highest BCUT2D eigenvalue weighted by atomic mass is 16.3. The lowest BCUT2D eigenvalue weighted by atomic mass is 10.2. The second-order valence-electron chi connectivity index (χ2n) is 3.98. The SMILES string of the molecule is Cc1ccc(CN(CCC#N)C(C)C)o1. The van der Waals surface area contributed by atoms with Crippen LogP contribution in [0.15, 0.2) is 16.5 Å². The highest BCUT2D eigenvalue weighted by molar-refractivity contribution is 5.05. The van der Waals surface area contributed by atoms with Crippen LogP contribution in [0.1, 0.15) is 31.8 Å². The summed E-state index contributed by atoms with van der Waals surface area (Å²) in [5, 5.41) is 8.57. The number of nitriles is 1. The fraction of sp³-hybridized carbons (Fsp3) is 0.583. The summed E-state index contributed by atoms with van der Waals surface area (Å²) in [4.78, 5) is 2.24. The predicted molar refractivity (Wildman–Crippen MR) is 59.2 cm³/mol. The maximum atomic E-state index is 8.57. The van der Waals surface area contributed by atoms with Gasteiger partial charge < -0.3 is 4.42 Å². The molecule has 0 spiro atoms. The summed E-state index contributed by atoms with van der Waals surface area (Å²) in [6.45, 7) is 7.79. The van der Waals surface area contributed by atoms with Gasteiger partial charge in [0.2, 0.25) is 0 Å². The Kier molecular flexibility index (Phi) is 4.38. The molecule has 0 saturated carbocycles. The van der Waals surface area contributed by atoms with Crippen LogP contribution in [0.3, 0.4) is 0 Å². The van der Waals surface area contributed by atoms with E-state index in [9.17, 15) is 0 Å². The molecule has 1 rings (SSSR count). The summed E-state index contributed by atoms with van der Waals surface area (Å²) in [7, 11) is 0. The third-order valence-corrected chi connectivity index (χ3v) is 2.40. The van der Waals surface area contributed by atoms with E-state index in [1.54, 1.807) is 0 Å². The van der Waals surface area contributed by atoms with Gasteiger partial charge in [0, 0.05) is 19.0 Å². The summed E-state index contributed by atoms with van der Waals surface area (Å²) in [5.41, 5.74) is 0. The molecule has 0 atom stereocenters. The molecule has 0 N–H and O–H groups in total. The smallest absolute Gasteiger partial charge is 0.118 e. The lowest BCUT2D eigenvalue weighted by molar-refractivity contribution is 0.200. The fourth-order valence-electron chi connectivity index (χ4n) is 1.48. The Balaban J connectivity index is 2.55. The third kappa shape index (κ3) is 3.77. The molecule has 3 nitrogen and oxygen atoms in total. The Bertz CT molecular complexity index is 336. The first-order chi connectivity index (χ1) is 7.13. The topological polar surface area (TPSA) is 40.2 Å². The highest BCUT2D eigenvalue weighted by Crippen LogP contribution is 2.11. The Morgan fingerprint density at radius 2 is 2.20 bits per heavy atom. The minimum absolute atomic E-state index is 0.434. The van der Waals surface area contributed by atoms with E-state index in [0.717, 1.165) is 24.6 Å². The number of aryl methyl sites for hydroxylation is 1. The summed E-state index contributed by atoms with van der Waals surface area (Å²) < 4.78 is 5.52. The molecule has 0 amide bonds. The van der Waals surface area contributed by atoms with Gasteiger partial charge in [-0.2, -0.15) is 5.26 Å². The largest absolute Gasteiger partial charge is 0.465 e. The Labute approximate surface area is 91.3 Å². The molecule has 0 aliphatic rings. The zero-order valence-electron chi connectivity index (χ0n) is 9.66. The standard InChI is InChI=1S/C12H18N2O/c1-10(2)14(8-4-7-13)9-12-6-5-11(3)15-12/h5-6,10H,4,8-9H2,1-3H3. The van der Waals surface area contributed by atoms with Crippen molar-refractivity contribution in [1.29, 1.82) is 5.26 Å². The lowest BCUT2D eigenvalue weighted by Crippen LogP contribution is -2.30. The van der Waals surface area contributed by atoms with Gasteiger partial charge in [0.05, 0.1) is 12.6 Å². The van der Waals surface area contributed by atoms with Crippen molar-refractivity contribution in [3.63, 3.8) is 0 Å². The molecule has 1 heterocycles. The first kappa shape index (κ1) is 11.8. The Morgan fingerprint density at radius 3 is 2.67 bits per heavy atom. The molecule has 0 saturated heterocycles. The molecule has 0 aliphatic carbocycles. The molecular formula is C12H18N2O. The lowest BCUT2D eigenvalue weighted by Gasteiger charge is -2.24. The van der Waals surface area contributed by atoms with Crippen molar-refractivity contribution >= 4 is 0 Å². The molecule has 0 unspecified atom stereocenters. The van der Waals surface area contributed by atoms with Crippen LogP contribution in [0.2, 0.25) is 0 Å². The second-order valence-corrected chi connectivity index (χ2v) is 3.98. The van der Waals surface area contributed by atoms with Gasteiger partial charge in [-0.15, -0.1) is 0 Å². The van der Waals surface area contributed by atoms with E-state index >= 15 is 0 Å². The van der Waals surface area contributed by atoms with Crippen molar-refractivity contribution < 1.29 is 4.42 Å². The maximum absolute atomic E-state index is 8.57. The van der Waals surface area contributed by atoms with E-state index in [1.807, 2.05) is 19.1 Å². The molecule has 0 aliphatic heterocycles. The Hall–Kier alpha value is -1.27. The number of rotatable bonds is 5. The number of nitrogens with zero attached hydrogens (tertiary/aromatic N) is 2. The van der Waals surface area contributed by atoms with Gasteiger partial charge in [-0.1, -0.05) is 0 Å². The van der Waals surface area contributed by atoms with Crippen LogP contribution in [0.4, 0.5) is 0 Å². The van der Waals surface area contributed by atoms with Crippen LogP contribution < -0.4 is 0 Å². The van der Waals surface area contributed by atoms with Gasteiger partial charge in [0.15, 0.2) is 0 Å². The summed E-state index contributed by atoms with van der Waals surface area (Å²) >= 11 is 0. The average molecular weight is 206 g/mol. The van der Waals surface area contributed by atoms with Crippen molar-refractivity contribution in [2.24, 2.45) is 0 Å². The molecule has 0 bridgehead atoms. The molecule has 1 aromatic rings. The van der Waals surface area contributed by atoms with E-state index in [-0.39, 0.29) is 0 Å². The molecule has 0 fully saturated rings. The van der Waals surface area contributed by atoms with E-state index in [2.05, 4.69) is 24.8 Å². The van der Waals surface area contributed by atoms with Gasteiger partial charge in [-0.25, -0.2) is 0 Å². The van der Waals surface area contributed by atoms with Gasteiger partial charge in [0.25, 0.3) is 0 Å². The van der Waals surface area contributed by atoms with E-state index in [1.165, 1.54) is 0 Å². The van der Waals surface area contributed by atoms with Crippen LogP contribution in [0.25, 0.3) is 0 Å². The van der Waals surface area contributed by atoms with Crippen molar-refractivity contribution in [2.75, 3.05) is 6.54 Å². The molecule has 1 aromatic heterocycles. The van der Waals surface area contributed by atoms with Gasteiger partial charge >= 0.3 is 0 Å². The van der Waals surface area contributed by atoms with Crippen molar-refractivity contribution in [1.82, 2.24) is 4.90 Å². The summed E-state index contributed by atoms with van der Waals surface area (Å²) in [6, 6.07) is 6.57. The third-order valence-electron chi connectivity index (χ3n) is 2.40. The van der Waals surface area contributed by atoms with Crippen molar-refractivity contribution in [3.8, 4) is 6.07 Å². The van der Waals surface area contributed by atoms with Crippen LogP contribution in [0, 0.1) is 18.3 Å². The Morgan fingerprint density at radius 1 is 1.47 bits per heavy atom. The first-order valence-electron chi connectivity index (χ1n) is 5.30. The fourth-order valence-corrected chi connectivity index (χ4v) is 1.48. The normalized spacial score (nSPS) is 10.9. The predicted octanol–water partition coefficient (Wildman–Crippen LogP) is 2.71. The van der Waals surface area contributed by atoms with E-state index in [0.29, 0.717) is 12.5 Å². The van der Waals surface area contributed by atoms with E-state index < -0.39 is 0 Å². The molecule has 82 valence electrons. The number of hydrogen-bond acceptors (Lipinski definition) is 3. The van der Waals surface area contributed by atoms with Crippen LogP contribution in [-0.4, -0.2) is 17.5 Å². The summed E-state index contributed by atoms with van der Waals surface area (Å²) in [5.74, 6) is 1.91. The first-order valence-corrected chi connectivity index (χ1v) is 5.30. The molecule has 0 aromatic carbocycles. The van der Waals surface area contributed by atoms with Gasteiger partial charge in [-0.05, 0) is 32.9 Å². The van der Waals surface area contributed by atoms with Gasteiger partial charge in [0.1, 0.15) is 11.5 Å². The molecule has 0 radical (unpaired) electrons.